The minimum absolute atomic E-state index is 0.696. The zero-order valence-corrected chi connectivity index (χ0v) is 11.4. The van der Waals surface area contributed by atoms with Crippen LogP contribution in [0, 0.1) is 5.92 Å². The fourth-order valence-electron chi connectivity index (χ4n) is 3.18. The van der Waals surface area contributed by atoms with Gasteiger partial charge in [0.15, 0.2) is 0 Å². The van der Waals surface area contributed by atoms with Gasteiger partial charge in [0, 0.05) is 24.8 Å². The standard InChI is InChI=1S/C16H24N2/c1-2-17-15(13-9-10-13)12-18-11-5-7-14-6-3-4-8-16(14)18/h3-4,6,8,13,15,17H,2,5,7,9-12H2,1H3. The topological polar surface area (TPSA) is 15.3 Å². The average molecular weight is 244 g/mol. The number of hydrogen-bond acceptors (Lipinski definition) is 2. The van der Waals surface area contributed by atoms with Crippen LogP contribution in [0.5, 0.6) is 0 Å². The van der Waals surface area contributed by atoms with E-state index in [0.717, 1.165) is 12.5 Å². The Morgan fingerprint density at radius 3 is 2.94 bits per heavy atom. The predicted octanol–water partition coefficient (Wildman–Crippen LogP) is 2.83. The Balaban J connectivity index is 1.72. The molecule has 0 amide bonds. The number of para-hydroxylation sites is 1. The maximum absolute atomic E-state index is 3.68. The monoisotopic (exact) mass is 244 g/mol. The van der Waals surface area contributed by atoms with Gasteiger partial charge >= 0.3 is 0 Å². The van der Waals surface area contributed by atoms with Gasteiger partial charge in [0.2, 0.25) is 0 Å². The van der Waals surface area contributed by atoms with Crippen LogP contribution in [-0.2, 0) is 6.42 Å². The normalized spacial score (nSPS) is 20.6. The van der Waals surface area contributed by atoms with Crippen molar-refractivity contribution in [3.05, 3.63) is 29.8 Å². The Morgan fingerprint density at radius 2 is 2.17 bits per heavy atom. The first-order valence-corrected chi connectivity index (χ1v) is 7.44. The number of nitrogens with one attached hydrogen (secondary N) is 1. The average Bonchev–Trinajstić information content (AvgIpc) is 3.23. The van der Waals surface area contributed by atoms with E-state index in [-0.39, 0.29) is 0 Å². The highest BCUT2D eigenvalue weighted by Gasteiger charge is 2.32. The summed E-state index contributed by atoms with van der Waals surface area (Å²) in [4.78, 5) is 2.60. The highest BCUT2D eigenvalue weighted by Crippen LogP contribution is 2.34. The lowest BCUT2D eigenvalue weighted by Gasteiger charge is -2.34. The Bertz CT molecular complexity index is 398. The molecule has 98 valence electrons. The van der Waals surface area contributed by atoms with E-state index in [9.17, 15) is 0 Å². The minimum atomic E-state index is 0.696. The lowest BCUT2D eigenvalue weighted by atomic mass is 10.0. The molecule has 1 aliphatic carbocycles. The number of anilines is 1. The third-order valence-corrected chi connectivity index (χ3v) is 4.28. The van der Waals surface area contributed by atoms with E-state index in [2.05, 4.69) is 41.4 Å². The van der Waals surface area contributed by atoms with E-state index >= 15 is 0 Å². The van der Waals surface area contributed by atoms with Gasteiger partial charge in [-0.2, -0.15) is 0 Å². The molecule has 1 fully saturated rings. The van der Waals surface area contributed by atoms with E-state index in [1.807, 2.05) is 0 Å². The summed E-state index contributed by atoms with van der Waals surface area (Å²) in [6.45, 7) is 5.73. The number of benzene rings is 1. The Morgan fingerprint density at radius 1 is 1.33 bits per heavy atom. The largest absolute Gasteiger partial charge is 0.370 e. The third-order valence-electron chi connectivity index (χ3n) is 4.28. The van der Waals surface area contributed by atoms with Gasteiger partial charge in [0.1, 0.15) is 0 Å². The van der Waals surface area contributed by atoms with Crippen LogP contribution < -0.4 is 10.2 Å². The van der Waals surface area contributed by atoms with Gasteiger partial charge in [0.25, 0.3) is 0 Å². The summed E-state index contributed by atoms with van der Waals surface area (Å²) in [6, 6.07) is 9.63. The molecule has 0 aromatic heterocycles. The first-order chi connectivity index (χ1) is 8.88. The molecular formula is C16H24N2. The molecule has 1 unspecified atom stereocenters. The molecule has 1 atom stereocenters. The van der Waals surface area contributed by atoms with Crippen LogP contribution in [0.25, 0.3) is 0 Å². The second-order valence-electron chi connectivity index (χ2n) is 5.68. The van der Waals surface area contributed by atoms with Crippen LogP contribution in [0.3, 0.4) is 0 Å². The van der Waals surface area contributed by atoms with Crippen molar-refractivity contribution in [2.75, 3.05) is 24.5 Å². The van der Waals surface area contributed by atoms with Gasteiger partial charge in [-0.1, -0.05) is 25.1 Å². The maximum atomic E-state index is 3.68. The number of hydrogen-bond donors (Lipinski definition) is 1. The molecule has 0 bridgehead atoms. The number of fused-ring (bicyclic) bond motifs is 1. The van der Waals surface area contributed by atoms with E-state index in [1.165, 1.54) is 50.0 Å². The molecule has 0 saturated heterocycles. The van der Waals surface area contributed by atoms with Gasteiger partial charge < -0.3 is 10.2 Å². The molecule has 1 N–H and O–H groups in total. The summed E-state index contributed by atoms with van der Waals surface area (Å²) < 4.78 is 0. The van der Waals surface area contributed by atoms with Crippen LogP contribution in [0.2, 0.25) is 0 Å². The third kappa shape index (κ3) is 2.54. The Kier molecular flexibility index (Phi) is 3.55. The number of nitrogens with zero attached hydrogens (tertiary/aromatic N) is 1. The number of aryl methyl sites for hydroxylation is 1. The van der Waals surface area contributed by atoms with Crippen molar-refractivity contribution in [1.29, 1.82) is 0 Å². The van der Waals surface area contributed by atoms with Crippen molar-refractivity contribution >= 4 is 5.69 Å². The van der Waals surface area contributed by atoms with Crippen molar-refractivity contribution in [2.24, 2.45) is 5.92 Å². The first kappa shape index (κ1) is 12.0. The summed E-state index contributed by atoms with van der Waals surface area (Å²) in [7, 11) is 0. The van der Waals surface area contributed by atoms with Crippen LogP contribution >= 0.6 is 0 Å². The molecule has 18 heavy (non-hydrogen) atoms. The molecule has 1 aromatic carbocycles. The van der Waals surface area contributed by atoms with Crippen molar-refractivity contribution in [1.82, 2.24) is 5.32 Å². The van der Waals surface area contributed by atoms with Gasteiger partial charge in [-0.05, 0) is 49.8 Å². The molecule has 1 heterocycles. The maximum Gasteiger partial charge on any atom is 0.0399 e. The highest BCUT2D eigenvalue weighted by atomic mass is 15.2. The molecule has 1 saturated carbocycles. The van der Waals surface area contributed by atoms with E-state index in [1.54, 1.807) is 0 Å². The van der Waals surface area contributed by atoms with Crippen molar-refractivity contribution in [3.8, 4) is 0 Å². The molecule has 2 nitrogen and oxygen atoms in total. The molecule has 0 radical (unpaired) electrons. The summed E-state index contributed by atoms with van der Waals surface area (Å²) in [5.74, 6) is 0.930. The molecular weight excluding hydrogens is 220 g/mol. The molecule has 2 aliphatic rings. The van der Waals surface area contributed by atoms with Gasteiger partial charge in [-0.15, -0.1) is 0 Å². The molecule has 2 heteroatoms. The molecule has 0 spiro atoms. The lowest BCUT2D eigenvalue weighted by Crippen LogP contribution is -2.44. The summed E-state index contributed by atoms with van der Waals surface area (Å²) >= 11 is 0. The highest BCUT2D eigenvalue weighted by molar-refractivity contribution is 5.55. The quantitative estimate of drug-likeness (QED) is 0.857. The van der Waals surface area contributed by atoms with Gasteiger partial charge in [-0.25, -0.2) is 0 Å². The Labute approximate surface area is 110 Å². The summed E-state index contributed by atoms with van der Waals surface area (Å²) in [5.41, 5.74) is 3.02. The van der Waals surface area contributed by atoms with Crippen LogP contribution in [0.15, 0.2) is 24.3 Å². The Hall–Kier alpha value is -1.02. The summed E-state index contributed by atoms with van der Waals surface area (Å²) in [5, 5.41) is 3.68. The second kappa shape index (κ2) is 5.31. The zero-order chi connectivity index (χ0) is 12.4. The SMILES string of the molecule is CCNC(CN1CCCc2ccccc21)C1CC1. The molecule has 1 aliphatic heterocycles. The number of rotatable bonds is 5. The molecule has 3 rings (SSSR count). The van der Waals surface area contributed by atoms with Crippen molar-refractivity contribution in [3.63, 3.8) is 0 Å². The van der Waals surface area contributed by atoms with E-state index in [4.69, 9.17) is 0 Å². The summed E-state index contributed by atoms with van der Waals surface area (Å²) in [6.07, 6.45) is 5.41. The van der Waals surface area contributed by atoms with Crippen LogP contribution in [0.1, 0.15) is 31.7 Å². The van der Waals surface area contributed by atoms with Crippen molar-refractivity contribution < 1.29 is 0 Å². The first-order valence-electron chi connectivity index (χ1n) is 7.44. The lowest BCUT2D eigenvalue weighted by molar-refractivity contribution is 0.462. The van der Waals surface area contributed by atoms with Crippen LogP contribution in [0.4, 0.5) is 5.69 Å². The van der Waals surface area contributed by atoms with Crippen molar-refractivity contribution in [2.45, 2.75) is 38.6 Å². The number of likely N-dealkylation sites (N-methyl/N-ethyl adjacent to an activating group) is 1. The fraction of sp³-hybridized carbons (Fsp3) is 0.625. The molecule has 1 aromatic rings. The van der Waals surface area contributed by atoms with Gasteiger partial charge in [-0.3, -0.25) is 0 Å². The second-order valence-corrected chi connectivity index (χ2v) is 5.68. The van der Waals surface area contributed by atoms with Crippen LogP contribution in [-0.4, -0.2) is 25.7 Å². The van der Waals surface area contributed by atoms with E-state index < -0.39 is 0 Å². The fourth-order valence-corrected chi connectivity index (χ4v) is 3.18. The van der Waals surface area contributed by atoms with E-state index in [0.29, 0.717) is 6.04 Å². The smallest absolute Gasteiger partial charge is 0.0399 e. The zero-order valence-electron chi connectivity index (χ0n) is 11.4. The predicted molar refractivity (Wildman–Crippen MR) is 77.2 cm³/mol. The minimum Gasteiger partial charge on any atom is -0.370 e. The van der Waals surface area contributed by atoms with Gasteiger partial charge in [0.05, 0.1) is 0 Å².